The second-order valence-electron chi connectivity index (χ2n) is 2.55. The van der Waals surface area contributed by atoms with E-state index in [0.717, 1.165) is 25.7 Å². The van der Waals surface area contributed by atoms with Crippen molar-refractivity contribution >= 4 is 0 Å². The molecule has 0 aliphatic rings. The lowest BCUT2D eigenvalue weighted by Gasteiger charge is -2.18. The highest BCUT2D eigenvalue weighted by molar-refractivity contribution is 4.58. The number of hydrogen-bond acceptors (Lipinski definition) is 3. The van der Waals surface area contributed by atoms with Crippen molar-refractivity contribution in [1.29, 1.82) is 0 Å². The molecule has 0 saturated heterocycles. The zero-order chi connectivity index (χ0) is 7.98. The molecule has 0 fully saturated rings. The first-order chi connectivity index (χ1) is 4.72. The molecule has 3 nitrogen and oxygen atoms in total. The summed E-state index contributed by atoms with van der Waals surface area (Å²) in [6.45, 7) is 4.07. The molecule has 0 spiro atoms. The standard InChI is InChI=1S/C7H17NO2/c1-3-5-7(6-4-2)8(9)10/h7,9-10H,3-6H2,1-2H3. The fourth-order valence-electron chi connectivity index (χ4n) is 1.04. The Hall–Kier alpha value is -0.120. The maximum atomic E-state index is 8.66. The molecule has 0 saturated carbocycles. The van der Waals surface area contributed by atoms with Crippen LogP contribution in [-0.4, -0.2) is 21.7 Å². The molecule has 0 rings (SSSR count). The van der Waals surface area contributed by atoms with Crippen LogP contribution in [0.3, 0.4) is 0 Å². The van der Waals surface area contributed by atoms with Gasteiger partial charge in [0.15, 0.2) is 0 Å². The van der Waals surface area contributed by atoms with E-state index in [2.05, 4.69) is 0 Å². The van der Waals surface area contributed by atoms with Crippen LogP contribution in [0, 0.1) is 0 Å². The third-order valence-electron chi connectivity index (χ3n) is 1.57. The van der Waals surface area contributed by atoms with Gasteiger partial charge in [-0.05, 0) is 12.8 Å². The average molecular weight is 147 g/mol. The van der Waals surface area contributed by atoms with Crippen LogP contribution in [0.15, 0.2) is 0 Å². The second kappa shape index (κ2) is 5.65. The van der Waals surface area contributed by atoms with E-state index in [-0.39, 0.29) is 6.04 Å². The molecule has 0 radical (unpaired) electrons. The van der Waals surface area contributed by atoms with Gasteiger partial charge in [0.25, 0.3) is 0 Å². The normalized spacial score (nSPS) is 11.4. The monoisotopic (exact) mass is 147 g/mol. The number of hydroxylamine groups is 2. The van der Waals surface area contributed by atoms with Gasteiger partial charge in [-0.3, -0.25) is 10.4 Å². The van der Waals surface area contributed by atoms with Crippen molar-refractivity contribution in [3.8, 4) is 0 Å². The average Bonchev–Trinajstić information content (AvgIpc) is 1.87. The van der Waals surface area contributed by atoms with E-state index < -0.39 is 0 Å². The quantitative estimate of drug-likeness (QED) is 0.585. The molecule has 2 N–H and O–H groups in total. The minimum atomic E-state index is -0.0741. The smallest absolute Gasteiger partial charge is 0.0623 e. The number of nitrogens with zero attached hydrogens (tertiary/aromatic N) is 1. The molecule has 0 aliphatic heterocycles. The molecule has 0 bridgehead atoms. The third-order valence-corrected chi connectivity index (χ3v) is 1.57. The zero-order valence-electron chi connectivity index (χ0n) is 6.75. The summed E-state index contributed by atoms with van der Waals surface area (Å²) in [5.41, 5.74) is 0. The van der Waals surface area contributed by atoms with Crippen LogP contribution >= 0.6 is 0 Å². The van der Waals surface area contributed by atoms with E-state index in [1.54, 1.807) is 0 Å². The summed E-state index contributed by atoms with van der Waals surface area (Å²) in [4.78, 5) is 0. The van der Waals surface area contributed by atoms with E-state index in [1.807, 2.05) is 13.8 Å². The summed E-state index contributed by atoms with van der Waals surface area (Å²) in [6.07, 6.45) is 3.67. The Balaban J connectivity index is 3.50. The minimum Gasteiger partial charge on any atom is -0.289 e. The van der Waals surface area contributed by atoms with Crippen molar-refractivity contribution in [2.75, 3.05) is 0 Å². The molecule has 62 valence electrons. The Morgan fingerprint density at radius 1 is 1.10 bits per heavy atom. The molecule has 0 aromatic heterocycles. The lowest BCUT2D eigenvalue weighted by molar-refractivity contribution is -0.333. The van der Waals surface area contributed by atoms with Gasteiger partial charge in [0.05, 0.1) is 6.04 Å². The Morgan fingerprint density at radius 2 is 1.50 bits per heavy atom. The van der Waals surface area contributed by atoms with Crippen molar-refractivity contribution in [3.05, 3.63) is 0 Å². The first-order valence-electron chi connectivity index (χ1n) is 3.89. The van der Waals surface area contributed by atoms with Gasteiger partial charge in [0, 0.05) is 0 Å². The molecule has 0 aromatic rings. The van der Waals surface area contributed by atoms with Crippen LogP contribution < -0.4 is 0 Å². The van der Waals surface area contributed by atoms with Gasteiger partial charge < -0.3 is 0 Å². The van der Waals surface area contributed by atoms with Crippen LogP contribution in [0.25, 0.3) is 0 Å². The van der Waals surface area contributed by atoms with Gasteiger partial charge >= 0.3 is 0 Å². The summed E-state index contributed by atoms with van der Waals surface area (Å²) < 4.78 is 0. The SMILES string of the molecule is CCCC(CCC)N(O)O. The largest absolute Gasteiger partial charge is 0.289 e. The molecule has 0 aromatic carbocycles. The molecule has 0 heterocycles. The molecular weight excluding hydrogens is 130 g/mol. The van der Waals surface area contributed by atoms with Crippen LogP contribution in [0.4, 0.5) is 0 Å². The van der Waals surface area contributed by atoms with E-state index in [1.165, 1.54) is 0 Å². The Bertz CT molecular complexity index is 70.0. The lowest BCUT2D eigenvalue weighted by Crippen LogP contribution is -2.28. The van der Waals surface area contributed by atoms with Gasteiger partial charge in [0.2, 0.25) is 0 Å². The molecule has 0 aliphatic carbocycles. The molecule has 0 amide bonds. The topological polar surface area (TPSA) is 43.7 Å². The summed E-state index contributed by atoms with van der Waals surface area (Å²) in [7, 11) is 0. The fourth-order valence-corrected chi connectivity index (χ4v) is 1.04. The van der Waals surface area contributed by atoms with Gasteiger partial charge in [0.1, 0.15) is 0 Å². The maximum absolute atomic E-state index is 8.66. The van der Waals surface area contributed by atoms with Crippen LogP contribution in [-0.2, 0) is 0 Å². The van der Waals surface area contributed by atoms with E-state index in [4.69, 9.17) is 10.4 Å². The van der Waals surface area contributed by atoms with Gasteiger partial charge in [-0.2, -0.15) is 0 Å². The van der Waals surface area contributed by atoms with Crippen molar-refractivity contribution in [3.63, 3.8) is 0 Å². The fraction of sp³-hybridized carbons (Fsp3) is 1.00. The highest BCUT2D eigenvalue weighted by atomic mass is 16.8. The summed E-state index contributed by atoms with van der Waals surface area (Å²) >= 11 is 0. The van der Waals surface area contributed by atoms with Gasteiger partial charge in [-0.25, -0.2) is 0 Å². The van der Waals surface area contributed by atoms with Gasteiger partial charge in [-0.1, -0.05) is 31.9 Å². The highest BCUT2D eigenvalue weighted by Crippen LogP contribution is 2.08. The predicted molar refractivity (Wildman–Crippen MR) is 39.0 cm³/mol. The zero-order valence-corrected chi connectivity index (χ0v) is 6.75. The first kappa shape index (κ1) is 9.88. The predicted octanol–water partition coefficient (Wildman–Crippen LogP) is 2.04. The molecule has 10 heavy (non-hydrogen) atoms. The molecule has 3 heteroatoms. The number of rotatable bonds is 5. The maximum Gasteiger partial charge on any atom is 0.0623 e. The van der Waals surface area contributed by atoms with E-state index in [0.29, 0.717) is 5.23 Å². The summed E-state index contributed by atoms with van der Waals surface area (Å²) in [5, 5.41) is 17.7. The molecule has 0 atom stereocenters. The minimum absolute atomic E-state index is 0.0741. The highest BCUT2D eigenvalue weighted by Gasteiger charge is 2.11. The second-order valence-corrected chi connectivity index (χ2v) is 2.55. The third kappa shape index (κ3) is 3.82. The Kier molecular flexibility index (Phi) is 5.58. The van der Waals surface area contributed by atoms with Crippen molar-refractivity contribution in [2.45, 2.75) is 45.6 Å². The van der Waals surface area contributed by atoms with E-state index >= 15 is 0 Å². The van der Waals surface area contributed by atoms with E-state index in [9.17, 15) is 0 Å². The lowest BCUT2D eigenvalue weighted by atomic mass is 10.1. The van der Waals surface area contributed by atoms with Gasteiger partial charge in [-0.15, -0.1) is 0 Å². The molecule has 0 unspecified atom stereocenters. The summed E-state index contributed by atoms with van der Waals surface area (Å²) in [6, 6.07) is -0.0741. The Labute approximate surface area is 62.2 Å². The Morgan fingerprint density at radius 3 is 1.70 bits per heavy atom. The first-order valence-corrected chi connectivity index (χ1v) is 3.89. The van der Waals surface area contributed by atoms with Crippen molar-refractivity contribution in [1.82, 2.24) is 5.23 Å². The number of hydrogen-bond donors (Lipinski definition) is 2. The summed E-state index contributed by atoms with van der Waals surface area (Å²) in [5.74, 6) is 0. The van der Waals surface area contributed by atoms with Crippen molar-refractivity contribution < 1.29 is 10.4 Å². The van der Waals surface area contributed by atoms with Crippen LogP contribution in [0.1, 0.15) is 39.5 Å². The van der Waals surface area contributed by atoms with Crippen molar-refractivity contribution in [2.24, 2.45) is 0 Å². The molecular formula is C7H17NO2. The van der Waals surface area contributed by atoms with Crippen LogP contribution in [0.5, 0.6) is 0 Å². The van der Waals surface area contributed by atoms with Crippen LogP contribution in [0.2, 0.25) is 0 Å².